The second kappa shape index (κ2) is 12.2. The van der Waals surface area contributed by atoms with Crippen molar-refractivity contribution in [1.82, 2.24) is 15.2 Å². The van der Waals surface area contributed by atoms with Gasteiger partial charge in [-0.15, -0.1) is 0 Å². The molecule has 0 bridgehead atoms. The first-order valence-electron chi connectivity index (χ1n) is 13.5. The van der Waals surface area contributed by atoms with Crippen molar-refractivity contribution in [3.8, 4) is 11.5 Å². The van der Waals surface area contributed by atoms with E-state index in [0.29, 0.717) is 12.5 Å². The standard InChI is InChI=1S/C32H36N4O3/c1-4-24(22-10-6-5-7-11-22)31-26-21-30(39-3)29(38-2)20-23(26)15-18-36(31)19-17-34-32(37)35-28-14-16-33-27-13-9-8-12-25(27)28/h5-14,16,20-21,24,31H,4,15,17-19H2,1-3H3,(H2,33,34,35,37). The molecule has 39 heavy (non-hydrogen) atoms. The number of pyridine rings is 1. The Balaban J connectivity index is 1.35. The van der Waals surface area contributed by atoms with Gasteiger partial charge in [0.15, 0.2) is 11.5 Å². The van der Waals surface area contributed by atoms with Crippen molar-refractivity contribution in [3.63, 3.8) is 0 Å². The summed E-state index contributed by atoms with van der Waals surface area (Å²) in [5.41, 5.74) is 5.47. The van der Waals surface area contributed by atoms with Crippen LogP contribution in [0.5, 0.6) is 11.5 Å². The average Bonchev–Trinajstić information content (AvgIpc) is 2.98. The van der Waals surface area contributed by atoms with Crippen LogP contribution in [0, 0.1) is 0 Å². The zero-order chi connectivity index (χ0) is 27.2. The Morgan fingerprint density at radius 1 is 1.03 bits per heavy atom. The summed E-state index contributed by atoms with van der Waals surface area (Å²) in [6.07, 6.45) is 3.61. The summed E-state index contributed by atoms with van der Waals surface area (Å²) in [6.45, 7) is 4.40. The molecule has 3 aromatic carbocycles. The number of fused-ring (bicyclic) bond motifs is 2. The van der Waals surface area contributed by atoms with Crippen LogP contribution >= 0.6 is 0 Å². The monoisotopic (exact) mass is 524 g/mol. The highest BCUT2D eigenvalue weighted by atomic mass is 16.5. The molecule has 0 fully saturated rings. The number of para-hydroxylation sites is 1. The molecule has 1 aromatic heterocycles. The van der Waals surface area contributed by atoms with Gasteiger partial charge in [0, 0.05) is 43.2 Å². The predicted octanol–water partition coefficient (Wildman–Crippen LogP) is 6.17. The lowest BCUT2D eigenvalue weighted by atomic mass is 9.79. The summed E-state index contributed by atoms with van der Waals surface area (Å²) in [4.78, 5) is 19.7. The minimum absolute atomic E-state index is 0.148. The second-order valence-corrected chi connectivity index (χ2v) is 9.82. The lowest BCUT2D eigenvalue weighted by molar-refractivity contribution is 0.157. The van der Waals surface area contributed by atoms with Crippen LogP contribution in [0.15, 0.2) is 79.0 Å². The average molecular weight is 525 g/mol. The molecule has 5 rings (SSSR count). The number of methoxy groups -OCH3 is 2. The first kappa shape index (κ1) is 26.5. The summed E-state index contributed by atoms with van der Waals surface area (Å²) in [5.74, 6) is 1.80. The van der Waals surface area contributed by atoms with Crippen LogP contribution < -0.4 is 20.1 Å². The summed E-state index contributed by atoms with van der Waals surface area (Å²) >= 11 is 0. The van der Waals surface area contributed by atoms with Crippen LogP contribution in [0.1, 0.15) is 42.0 Å². The van der Waals surface area contributed by atoms with Crippen molar-refractivity contribution >= 4 is 22.6 Å². The minimum atomic E-state index is -0.221. The Morgan fingerprint density at radius 3 is 2.54 bits per heavy atom. The highest BCUT2D eigenvalue weighted by molar-refractivity contribution is 6.00. The van der Waals surface area contributed by atoms with Gasteiger partial charge in [-0.05, 0) is 53.8 Å². The quantitative estimate of drug-likeness (QED) is 0.274. The summed E-state index contributed by atoms with van der Waals surface area (Å²) < 4.78 is 11.3. The predicted molar refractivity (Wildman–Crippen MR) is 156 cm³/mol. The van der Waals surface area contributed by atoms with Gasteiger partial charge >= 0.3 is 6.03 Å². The van der Waals surface area contributed by atoms with Gasteiger partial charge in [-0.25, -0.2) is 4.79 Å². The van der Waals surface area contributed by atoms with Crippen molar-refractivity contribution in [3.05, 3.63) is 95.7 Å². The van der Waals surface area contributed by atoms with E-state index in [9.17, 15) is 4.79 Å². The number of nitrogens with one attached hydrogen (secondary N) is 2. The number of carbonyl (C=O) groups is 1. The second-order valence-electron chi connectivity index (χ2n) is 9.82. The van der Waals surface area contributed by atoms with E-state index in [2.05, 4.69) is 69.9 Å². The fraction of sp³-hybridized carbons (Fsp3) is 0.312. The number of carbonyl (C=O) groups excluding carboxylic acids is 1. The van der Waals surface area contributed by atoms with Gasteiger partial charge in [-0.1, -0.05) is 55.5 Å². The molecular weight excluding hydrogens is 488 g/mol. The molecule has 2 N–H and O–H groups in total. The topological polar surface area (TPSA) is 75.7 Å². The molecule has 4 aromatic rings. The third-order valence-corrected chi connectivity index (χ3v) is 7.66. The number of rotatable bonds is 9. The van der Waals surface area contributed by atoms with Crippen molar-refractivity contribution < 1.29 is 14.3 Å². The Labute approximate surface area is 230 Å². The van der Waals surface area contributed by atoms with Gasteiger partial charge in [0.25, 0.3) is 0 Å². The number of nitrogens with zero attached hydrogens (tertiary/aromatic N) is 2. The van der Waals surface area contributed by atoms with Crippen LogP contribution in [-0.2, 0) is 6.42 Å². The van der Waals surface area contributed by atoms with Crippen LogP contribution in [0.2, 0.25) is 0 Å². The maximum atomic E-state index is 12.9. The Morgan fingerprint density at radius 2 is 1.77 bits per heavy atom. The smallest absolute Gasteiger partial charge is 0.319 e. The Bertz CT molecular complexity index is 1420. The van der Waals surface area contributed by atoms with Crippen molar-refractivity contribution in [2.75, 3.05) is 39.2 Å². The number of amides is 2. The number of benzene rings is 3. The molecule has 2 atom stereocenters. The van der Waals surface area contributed by atoms with Crippen molar-refractivity contribution in [2.24, 2.45) is 0 Å². The molecule has 0 aliphatic carbocycles. The first-order chi connectivity index (χ1) is 19.1. The van der Waals surface area contributed by atoms with E-state index < -0.39 is 0 Å². The highest BCUT2D eigenvalue weighted by Crippen LogP contribution is 2.45. The molecule has 1 aliphatic heterocycles. The molecule has 0 saturated carbocycles. The lowest BCUT2D eigenvalue weighted by Gasteiger charge is -2.42. The Hall–Kier alpha value is -4.10. The number of aromatic nitrogens is 1. The number of hydrogen-bond donors (Lipinski definition) is 2. The maximum Gasteiger partial charge on any atom is 0.319 e. The van der Waals surface area contributed by atoms with Gasteiger partial charge in [0.2, 0.25) is 0 Å². The van der Waals surface area contributed by atoms with E-state index in [0.717, 1.165) is 54.0 Å². The number of hydrogen-bond acceptors (Lipinski definition) is 5. The molecule has 7 heteroatoms. The Kier molecular flexibility index (Phi) is 8.27. The number of urea groups is 1. The van der Waals surface area contributed by atoms with Crippen LogP contribution in [0.4, 0.5) is 10.5 Å². The molecule has 202 valence electrons. The number of ether oxygens (including phenoxy) is 2. The van der Waals surface area contributed by atoms with E-state index in [1.165, 1.54) is 16.7 Å². The summed E-state index contributed by atoms with van der Waals surface area (Å²) in [7, 11) is 3.37. The summed E-state index contributed by atoms with van der Waals surface area (Å²) in [5, 5.41) is 6.98. The lowest BCUT2D eigenvalue weighted by Crippen LogP contribution is -2.43. The van der Waals surface area contributed by atoms with E-state index >= 15 is 0 Å². The van der Waals surface area contributed by atoms with Crippen LogP contribution in [-0.4, -0.2) is 49.8 Å². The first-order valence-corrected chi connectivity index (χ1v) is 13.5. The van der Waals surface area contributed by atoms with E-state index in [1.807, 2.05) is 30.3 Å². The molecule has 0 spiro atoms. The number of anilines is 1. The van der Waals surface area contributed by atoms with Gasteiger partial charge in [-0.2, -0.15) is 0 Å². The third-order valence-electron chi connectivity index (χ3n) is 7.66. The molecule has 1 aliphatic rings. The molecule has 0 radical (unpaired) electrons. The largest absolute Gasteiger partial charge is 0.493 e. The summed E-state index contributed by atoms with van der Waals surface area (Å²) in [6, 6.07) is 24.5. The van der Waals surface area contributed by atoms with Crippen molar-refractivity contribution in [2.45, 2.75) is 31.7 Å². The molecule has 2 heterocycles. The van der Waals surface area contributed by atoms with Gasteiger partial charge < -0.3 is 20.1 Å². The van der Waals surface area contributed by atoms with Gasteiger partial charge in [-0.3, -0.25) is 9.88 Å². The van der Waals surface area contributed by atoms with Crippen LogP contribution in [0.3, 0.4) is 0 Å². The molecule has 0 saturated heterocycles. The van der Waals surface area contributed by atoms with E-state index in [4.69, 9.17) is 9.47 Å². The zero-order valence-electron chi connectivity index (χ0n) is 22.8. The normalized spacial score (nSPS) is 15.8. The fourth-order valence-corrected chi connectivity index (χ4v) is 5.78. The van der Waals surface area contributed by atoms with Crippen molar-refractivity contribution in [1.29, 1.82) is 0 Å². The molecule has 2 amide bonds. The zero-order valence-corrected chi connectivity index (χ0v) is 22.8. The van der Waals surface area contributed by atoms with Gasteiger partial charge in [0.1, 0.15) is 0 Å². The SMILES string of the molecule is CCC(c1ccccc1)C1c2cc(OC)c(OC)cc2CCN1CCNC(=O)Nc1ccnc2ccccc12. The molecular formula is C32H36N4O3. The van der Waals surface area contributed by atoms with Crippen LogP contribution in [0.25, 0.3) is 10.9 Å². The van der Waals surface area contributed by atoms with E-state index in [1.54, 1.807) is 20.4 Å². The maximum absolute atomic E-state index is 12.9. The molecule has 2 unspecified atom stereocenters. The highest BCUT2D eigenvalue weighted by Gasteiger charge is 2.34. The fourth-order valence-electron chi connectivity index (χ4n) is 5.78. The molecule has 7 nitrogen and oxygen atoms in total. The minimum Gasteiger partial charge on any atom is -0.493 e. The van der Waals surface area contributed by atoms with E-state index in [-0.39, 0.29) is 12.1 Å². The third kappa shape index (κ3) is 5.68. The van der Waals surface area contributed by atoms with Gasteiger partial charge in [0.05, 0.1) is 25.4 Å².